The molecule has 2 nitrogen and oxygen atoms in total. The summed E-state index contributed by atoms with van der Waals surface area (Å²) < 4.78 is 13.1. The highest BCUT2D eigenvalue weighted by atomic mass is 19.1. The van der Waals surface area contributed by atoms with Gasteiger partial charge < -0.3 is 5.32 Å². The van der Waals surface area contributed by atoms with Gasteiger partial charge in [0.2, 0.25) is 0 Å². The summed E-state index contributed by atoms with van der Waals surface area (Å²) in [6, 6.07) is 7.52. The summed E-state index contributed by atoms with van der Waals surface area (Å²) in [6.45, 7) is 5.55. The zero-order valence-electron chi connectivity index (χ0n) is 12.0. The second-order valence-electron chi connectivity index (χ2n) is 5.49. The summed E-state index contributed by atoms with van der Waals surface area (Å²) in [5.74, 6) is 0.475. The molecule has 2 rings (SSSR count). The molecule has 0 spiro atoms. The highest BCUT2D eigenvalue weighted by Crippen LogP contribution is 2.35. The van der Waals surface area contributed by atoms with Crippen molar-refractivity contribution in [2.45, 2.75) is 32.2 Å². The molecule has 0 aliphatic carbocycles. The minimum absolute atomic E-state index is 0.147. The molecule has 1 aliphatic rings. The van der Waals surface area contributed by atoms with Gasteiger partial charge in [-0.2, -0.15) is 0 Å². The zero-order chi connectivity index (χ0) is 13.7. The van der Waals surface area contributed by atoms with Crippen LogP contribution in [-0.4, -0.2) is 31.6 Å². The fraction of sp³-hybridized carbons (Fsp3) is 0.625. The summed E-state index contributed by atoms with van der Waals surface area (Å²) in [7, 11) is 2.01. The predicted octanol–water partition coefficient (Wildman–Crippen LogP) is 3.21. The van der Waals surface area contributed by atoms with Gasteiger partial charge in [0, 0.05) is 6.04 Å². The number of hydrogen-bond acceptors (Lipinski definition) is 2. The average molecular weight is 264 g/mol. The molecule has 1 N–H and O–H groups in total. The van der Waals surface area contributed by atoms with Crippen LogP contribution in [0.4, 0.5) is 4.39 Å². The van der Waals surface area contributed by atoms with Gasteiger partial charge in [0.05, 0.1) is 0 Å². The number of nitrogens with zero attached hydrogens (tertiary/aromatic N) is 1. The molecule has 0 amide bonds. The van der Waals surface area contributed by atoms with Crippen LogP contribution >= 0.6 is 0 Å². The SMILES string of the molecule is CCCN1CCCC(CNC)C1c1ccc(F)cc1. The van der Waals surface area contributed by atoms with Crippen molar-refractivity contribution in [1.29, 1.82) is 0 Å². The predicted molar refractivity (Wildman–Crippen MR) is 77.7 cm³/mol. The van der Waals surface area contributed by atoms with Crippen LogP contribution in [0.1, 0.15) is 37.8 Å². The van der Waals surface area contributed by atoms with Crippen molar-refractivity contribution in [3.05, 3.63) is 35.6 Å². The van der Waals surface area contributed by atoms with E-state index >= 15 is 0 Å². The Morgan fingerprint density at radius 2 is 2.05 bits per heavy atom. The Hall–Kier alpha value is -0.930. The number of benzene rings is 1. The van der Waals surface area contributed by atoms with Crippen molar-refractivity contribution in [3.8, 4) is 0 Å². The van der Waals surface area contributed by atoms with Gasteiger partial charge in [-0.05, 0) is 69.6 Å². The first-order valence-electron chi connectivity index (χ1n) is 7.40. The van der Waals surface area contributed by atoms with E-state index in [-0.39, 0.29) is 5.82 Å². The van der Waals surface area contributed by atoms with Crippen molar-refractivity contribution in [3.63, 3.8) is 0 Å². The molecule has 19 heavy (non-hydrogen) atoms. The molecular weight excluding hydrogens is 239 g/mol. The molecule has 0 bridgehead atoms. The third kappa shape index (κ3) is 3.54. The smallest absolute Gasteiger partial charge is 0.123 e. The molecule has 1 fully saturated rings. The van der Waals surface area contributed by atoms with Crippen molar-refractivity contribution in [2.75, 3.05) is 26.7 Å². The molecule has 3 heteroatoms. The molecule has 2 unspecified atom stereocenters. The third-order valence-electron chi connectivity index (χ3n) is 4.05. The van der Waals surface area contributed by atoms with E-state index in [0.29, 0.717) is 12.0 Å². The van der Waals surface area contributed by atoms with E-state index in [2.05, 4.69) is 17.1 Å². The van der Waals surface area contributed by atoms with Crippen molar-refractivity contribution < 1.29 is 4.39 Å². The Bertz CT molecular complexity index is 359. The van der Waals surface area contributed by atoms with Gasteiger partial charge in [0.15, 0.2) is 0 Å². The maximum atomic E-state index is 13.1. The molecule has 0 saturated carbocycles. The number of rotatable bonds is 5. The van der Waals surface area contributed by atoms with Crippen LogP contribution in [0.15, 0.2) is 24.3 Å². The van der Waals surface area contributed by atoms with E-state index < -0.39 is 0 Å². The molecule has 1 aromatic carbocycles. The normalized spacial score (nSPS) is 24.6. The zero-order valence-corrected chi connectivity index (χ0v) is 12.0. The summed E-state index contributed by atoms with van der Waals surface area (Å²) in [6.07, 6.45) is 3.69. The molecular formula is C16H25FN2. The second-order valence-corrected chi connectivity index (χ2v) is 5.49. The first kappa shape index (κ1) is 14.5. The van der Waals surface area contributed by atoms with Gasteiger partial charge >= 0.3 is 0 Å². The summed E-state index contributed by atoms with van der Waals surface area (Å²) in [5, 5.41) is 3.31. The minimum Gasteiger partial charge on any atom is -0.319 e. The quantitative estimate of drug-likeness (QED) is 0.878. The van der Waals surface area contributed by atoms with Crippen molar-refractivity contribution in [1.82, 2.24) is 10.2 Å². The highest BCUT2D eigenvalue weighted by molar-refractivity contribution is 5.21. The monoisotopic (exact) mass is 264 g/mol. The first-order chi connectivity index (χ1) is 9.26. The van der Waals surface area contributed by atoms with Gasteiger partial charge in [0.25, 0.3) is 0 Å². The molecule has 2 atom stereocenters. The second kappa shape index (κ2) is 7.01. The van der Waals surface area contributed by atoms with E-state index in [4.69, 9.17) is 0 Å². The Labute approximate surface area is 116 Å². The van der Waals surface area contributed by atoms with Gasteiger partial charge in [-0.25, -0.2) is 4.39 Å². The van der Waals surface area contributed by atoms with Crippen LogP contribution in [0, 0.1) is 11.7 Å². The van der Waals surface area contributed by atoms with Crippen LogP contribution < -0.4 is 5.32 Å². The van der Waals surface area contributed by atoms with Gasteiger partial charge in [-0.15, -0.1) is 0 Å². The van der Waals surface area contributed by atoms with Gasteiger partial charge in [-0.3, -0.25) is 4.90 Å². The molecule has 1 aromatic rings. The molecule has 1 heterocycles. The molecule has 0 aromatic heterocycles. The summed E-state index contributed by atoms with van der Waals surface area (Å²) in [5.41, 5.74) is 1.26. The molecule has 1 saturated heterocycles. The van der Waals surface area contributed by atoms with Gasteiger partial charge in [-0.1, -0.05) is 19.1 Å². The minimum atomic E-state index is -0.147. The highest BCUT2D eigenvalue weighted by Gasteiger charge is 2.31. The van der Waals surface area contributed by atoms with Crippen molar-refractivity contribution in [2.24, 2.45) is 5.92 Å². The lowest BCUT2D eigenvalue weighted by Gasteiger charge is -2.41. The summed E-state index contributed by atoms with van der Waals surface area (Å²) >= 11 is 0. The molecule has 0 radical (unpaired) electrons. The number of hydrogen-bond donors (Lipinski definition) is 1. The Kier molecular flexibility index (Phi) is 5.34. The lowest BCUT2D eigenvalue weighted by atomic mass is 9.84. The third-order valence-corrected chi connectivity index (χ3v) is 4.05. The number of piperidine rings is 1. The standard InChI is InChI=1S/C16H25FN2/c1-3-10-19-11-4-5-14(12-18-2)16(19)13-6-8-15(17)9-7-13/h6-9,14,16,18H,3-5,10-12H2,1-2H3. The van der Waals surface area contributed by atoms with Crippen LogP contribution in [0.25, 0.3) is 0 Å². The van der Waals surface area contributed by atoms with Crippen LogP contribution in [0.3, 0.4) is 0 Å². The lowest BCUT2D eigenvalue weighted by molar-refractivity contribution is 0.0924. The number of halogens is 1. The fourth-order valence-electron chi connectivity index (χ4n) is 3.31. The average Bonchev–Trinajstić information content (AvgIpc) is 2.41. The maximum Gasteiger partial charge on any atom is 0.123 e. The number of nitrogens with one attached hydrogen (secondary N) is 1. The number of likely N-dealkylation sites (tertiary alicyclic amines) is 1. The van der Waals surface area contributed by atoms with E-state index in [9.17, 15) is 4.39 Å². The van der Waals surface area contributed by atoms with E-state index in [0.717, 1.165) is 19.6 Å². The summed E-state index contributed by atoms with van der Waals surface area (Å²) in [4.78, 5) is 2.57. The maximum absolute atomic E-state index is 13.1. The molecule has 106 valence electrons. The topological polar surface area (TPSA) is 15.3 Å². The van der Waals surface area contributed by atoms with Crippen LogP contribution in [0.2, 0.25) is 0 Å². The first-order valence-corrected chi connectivity index (χ1v) is 7.40. The van der Waals surface area contributed by atoms with Gasteiger partial charge in [0.1, 0.15) is 5.82 Å². The van der Waals surface area contributed by atoms with E-state index in [1.165, 1.54) is 24.8 Å². The van der Waals surface area contributed by atoms with E-state index in [1.807, 2.05) is 19.2 Å². The van der Waals surface area contributed by atoms with Crippen LogP contribution in [0.5, 0.6) is 0 Å². The largest absolute Gasteiger partial charge is 0.319 e. The fourth-order valence-corrected chi connectivity index (χ4v) is 3.31. The Morgan fingerprint density at radius 1 is 1.32 bits per heavy atom. The van der Waals surface area contributed by atoms with Crippen molar-refractivity contribution >= 4 is 0 Å². The Morgan fingerprint density at radius 3 is 2.68 bits per heavy atom. The van der Waals surface area contributed by atoms with Crippen LogP contribution in [-0.2, 0) is 0 Å². The van der Waals surface area contributed by atoms with E-state index in [1.54, 1.807) is 12.1 Å². The molecule has 1 aliphatic heterocycles. The Balaban J connectivity index is 2.23. The lowest BCUT2D eigenvalue weighted by Crippen LogP contribution is -2.42.